The molecule has 0 atom stereocenters. The molecule has 0 aromatic rings. The third kappa shape index (κ3) is 5.49. The molecule has 0 bridgehead atoms. The van der Waals surface area contributed by atoms with Crippen molar-refractivity contribution in [1.29, 1.82) is 0 Å². The van der Waals surface area contributed by atoms with Crippen LogP contribution in [0.2, 0.25) is 0 Å². The van der Waals surface area contributed by atoms with E-state index in [1.54, 1.807) is 0 Å². The van der Waals surface area contributed by atoms with E-state index in [0.29, 0.717) is 32.2 Å². The summed E-state index contributed by atoms with van der Waals surface area (Å²) in [7, 11) is 0. The van der Waals surface area contributed by atoms with Crippen LogP contribution >= 0.6 is 0 Å². The summed E-state index contributed by atoms with van der Waals surface area (Å²) in [5, 5.41) is 0. The Morgan fingerprint density at radius 2 is 1.67 bits per heavy atom. The van der Waals surface area contributed by atoms with E-state index < -0.39 is 24.2 Å². The Hall–Kier alpha value is -0.780. The van der Waals surface area contributed by atoms with Gasteiger partial charge in [-0.05, 0) is 51.6 Å². The molecule has 3 nitrogen and oxygen atoms in total. The van der Waals surface area contributed by atoms with Gasteiger partial charge >= 0.3 is 12.1 Å². The average molecular weight is 307 g/mol. The average Bonchev–Trinajstić information content (AvgIpc) is 2.83. The van der Waals surface area contributed by atoms with Crippen molar-refractivity contribution in [2.75, 3.05) is 19.6 Å². The van der Waals surface area contributed by atoms with E-state index in [9.17, 15) is 18.0 Å². The molecule has 122 valence electrons. The lowest BCUT2D eigenvalue weighted by Gasteiger charge is -2.31. The van der Waals surface area contributed by atoms with Crippen molar-refractivity contribution in [3.05, 3.63) is 0 Å². The SMILES string of the molecule is O=C(CCN1CCCCC1)OC1(CC(F)(F)F)CCCC1. The van der Waals surface area contributed by atoms with Crippen molar-refractivity contribution in [2.24, 2.45) is 0 Å². The zero-order valence-electron chi connectivity index (χ0n) is 12.4. The topological polar surface area (TPSA) is 29.5 Å². The van der Waals surface area contributed by atoms with Gasteiger partial charge in [-0.1, -0.05) is 6.42 Å². The Morgan fingerprint density at radius 3 is 2.24 bits per heavy atom. The lowest BCUT2D eigenvalue weighted by atomic mass is 9.97. The van der Waals surface area contributed by atoms with E-state index in [0.717, 1.165) is 25.9 Å². The molecule has 1 saturated heterocycles. The molecule has 2 fully saturated rings. The molecule has 1 aliphatic heterocycles. The standard InChI is InChI=1S/C15H24F3NO2/c16-15(17,18)12-14(7-2-3-8-14)21-13(20)6-11-19-9-4-1-5-10-19/h1-12H2. The van der Waals surface area contributed by atoms with Gasteiger partial charge in [0.05, 0.1) is 12.8 Å². The number of hydrogen-bond acceptors (Lipinski definition) is 3. The predicted molar refractivity (Wildman–Crippen MR) is 72.9 cm³/mol. The third-order valence-corrected chi connectivity index (χ3v) is 4.45. The van der Waals surface area contributed by atoms with Gasteiger partial charge in [0.25, 0.3) is 0 Å². The van der Waals surface area contributed by atoms with Gasteiger partial charge in [-0.2, -0.15) is 13.2 Å². The number of nitrogens with zero attached hydrogens (tertiary/aromatic N) is 1. The van der Waals surface area contributed by atoms with E-state index in [1.807, 2.05) is 0 Å². The molecule has 6 heteroatoms. The Labute approximate surface area is 123 Å². The number of alkyl halides is 3. The number of hydrogen-bond donors (Lipinski definition) is 0. The van der Waals surface area contributed by atoms with Gasteiger partial charge in [-0.15, -0.1) is 0 Å². The Balaban J connectivity index is 1.80. The number of esters is 1. The van der Waals surface area contributed by atoms with Crippen molar-refractivity contribution in [3.63, 3.8) is 0 Å². The summed E-state index contributed by atoms with van der Waals surface area (Å²) in [6, 6.07) is 0. The summed E-state index contributed by atoms with van der Waals surface area (Å²) in [6.45, 7) is 2.54. The van der Waals surface area contributed by atoms with E-state index >= 15 is 0 Å². The zero-order valence-corrected chi connectivity index (χ0v) is 12.4. The number of ether oxygens (including phenoxy) is 1. The minimum Gasteiger partial charge on any atom is -0.459 e. The number of likely N-dealkylation sites (tertiary alicyclic amines) is 1. The van der Waals surface area contributed by atoms with Crippen LogP contribution in [0, 0.1) is 0 Å². The molecule has 0 radical (unpaired) electrons. The van der Waals surface area contributed by atoms with Gasteiger partial charge in [0.2, 0.25) is 0 Å². The van der Waals surface area contributed by atoms with Crippen LogP contribution < -0.4 is 0 Å². The van der Waals surface area contributed by atoms with Crippen LogP contribution in [0.1, 0.15) is 57.8 Å². The summed E-state index contributed by atoms with van der Waals surface area (Å²) >= 11 is 0. The van der Waals surface area contributed by atoms with Crippen LogP contribution in [-0.4, -0.2) is 42.3 Å². The van der Waals surface area contributed by atoms with E-state index in [4.69, 9.17) is 4.74 Å². The molecule has 1 saturated carbocycles. The molecule has 2 aliphatic rings. The van der Waals surface area contributed by atoms with Gasteiger partial charge in [0.15, 0.2) is 0 Å². The Kier molecular flexibility index (Phi) is 5.52. The minimum atomic E-state index is -4.28. The van der Waals surface area contributed by atoms with Crippen molar-refractivity contribution >= 4 is 5.97 Å². The second-order valence-electron chi connectivity index (χ2n) is 6.31. The first-order valence-corrected chi connectivity index (χ1v) is 7.90. The highest BCUT2D eigenvalue weighted by atomic mass is 19.4. The van der Waals surface area contributed by atoms with Gasteiger partial charge in [0.1, 0.15) is 5.60 Å². The van der Waals surface area contributed by atoms with Crippen molar-refractivity contribution in [3.8, 4) is 0 Å². The maximum atomic E-state index is 12.7. The lowest BCUT2D eigenvalue weighted by molar-refractivity contribution is -0.194. The highest BCUT2D eigenvalue weighted by Crippen LogP contribution is 2.41. The van der Waals surface area contributed by atoms with Crippen molar-refractivity contribution in [1.82, 2.24) is 4.90 Å². The fraction of sp³-hybridized carbons (Fsp3) is 0.933. The molecular weight excluding hydrogens is 283 g/mol. The number of carbonyl (C=O) groups is 1. The lowest BCUT2D eigenvalue weighted by Crippen LogP contribution is -2.38. The molecule has 0 aromatic heterocycles. The highest BCUT2D eigenvalue weighted by molar-refractivity contribution is 5.70. The van der Waals surface area contributed by atoms with E-state index in [2.05, 4.69) is 4.90 Å². The van der Waals surface area contributed by atoms with Crippen LogP contribution in [0.25, 0.3) is 0 Å². The van der Waals surface area contributed by atoms with Crippen LogP contribution in [0.4, 0.5) is 13.2 Å². The smallest absolute Gasteiger partial charge is 0.392 e. The summed E-state index contributed by atoms with van der Waals surface area (Å²) < 4.78 is 43.3. The van der Waals surface area contributed by atoms with Gasteiger partial charge in [-0.25, -0.2) is 0 Å². The summed E-state index contributed by atoms with van der Waals surface area (Å²) in [4.78, 5) is 14.1. The van der Waals surface area contributed by atoms with Gasteiger partial charge in [0, 0.05) is 6.54 Å². The molecule has 0 N–H and O–H groups in total. The first kappa shape index (κ1) is 16.6. The Morgan fingerprint density at radius 1 is 1.05 bits per heavy atom. The summed E-state index contributed by atoms with van der Waals surface area (Å²) in [6.07, 6.45) is 0.469. The van der Waals surface area contributed by atoms with Crippen LogP contribution in [-0.2, 0) is 9.53 Å². The van der Waals surface area contributed by atoms with Crippen LogP contribution in [0.5, 0.6) is 0 Å². The Bertz CT molecular complexity index is 345. The molecule has 0 spiro atoms. The summed E-state index contributed by atoms with van der Waals surface area (Å²) in [5.41, 5.74) is -1.29. The highest BCUT2D eigenvalue weighted by Gasteiger charge is 2.46. The maximum absolute atomic E-state index is 12.7. The molecule has 2 rings (SSSR count). The second kappa shape index (κ2) is 6.99. The summed E-state index contributed by atoms with van der Waals surface area (Å²) in [5.74, 6) is -0.480. The minimum absolute atomic E-state index is 0.194. The number of piperidine rings is 1. The van der Waals surface area contributed by atoms with E-state index in [1.165, 1.54) is 6.42 Å². The van der Waals surface area contributed by atoms with Crippen LogP contribution in [0.3, 0.4) is 0 Å². The fourth-order valence-corrected chi connectivity index (χ4v) is 3.42. The molecule has 1 heterocycles. The quantitative estimate of drug-likeness (QED) is 0.726. The first-order chi connectivity index (χ1) is 9.89. The van der Waals surface area contributed by atoms with Crippen molar-refractivity contribution < 1.29 is 22.7 Å². The molecule has 0 amide bonds. The largest absolute Gasteiger partial charge is 0.459 e. The van der Waals surface area contributed by atoms with Gasteiger partial charge < -0.3 is 9.64 Å². The molecular formula is C15H24F3NO2. The number of halogens is 3. The first-order valence-electron chi connectivity index (χ1n) is 7.90. The third-order valence-electron chi connectivity index (χ3n) is 4.45. The van der Waals surface area contributed by atoms with Gasteiger partial charge in [-0.3, -0.25) is 4.79 Å². The molecule has 0 unspecified atom stereocenters. The monoisotopic (exact) mass is 307 g/mol. The normalized spacial score (nSPS) is 23.2. The molecule has 0 aromatic carbocycles. The van der Waals surface area contributed by atoms with Crippen molar-refractivity contribution in [2.45, 2.75) is 69.6 Å². The number of carbonyl (C=O) groups excluding carboxylic acids is 1. The molecule has 21 heavy (non-hydrogen) atoms. The predicted octanol–water partition coefficient (Wildman–Crippen LogP) is 3.67. The van der Waals surface area contributed by atoms with Crippen LogP contribution in [0.15, 0.2) is 0 Å². The number of rotatable bonds is 5. The second-order valence-corrected chi connectivity index (χ2v) is 6.31. The zero-order chi connectivity index (χ0) is 15.3. The van der Waals surface area contributed by atoms with E-state index in [-0.39, 0.29) is 6.42 Å². The fourth-order valence-electron chi connectivity index (χ4n) is 3.42. The maximum Gasteiger partial charge on any atom is 0.392 e. The molecule has 1 aliphatic carbocycles.